The smallest absolute Gasteiger partial charge is 0.223 e. The van der Waals surface area contributed by atoms with Crippen LogP contribution in [0.3, 0.4) is 0 Å². The van der Waals surface area contributed by atoms with Crippen molar-refractivity contribution in [1.82, 2.24) is 14.8 Å². The maximum absolute atomic E-state index is 12.7. The second-order valence-corrected chi connectivity index (χ2v) is 8.35. The maximum atomic E-state index is 12.7. The van der Waals surface area contributed by atoms with Crippen molar-refractivity contribution in [3.63, 3.8) is 0 Å². The lowest BCUT2D eigenvalue weighted by Gasteiger charge is -2.38. The molecule has 2 saturated heterocycles. The van der Waals surface area contributed by atoms with Gasteiger partial charge in [-0.05, 0) is 43.2 Å². The van der Waals surface area contributed by atoms with E-state index in [0.717, 1.165) is 64.7 Å². The van der Waals surface area contributed by atoms with Gasteiger partial charge in [0.25, 0.3) is 0 Å². The monoisotopic (exact) mass is 407 g/mol. The van der Waals surface area contributed by atoms with Crippen LogP contribution < -0.4 is 9.80 Å². The highest BCUT2D eigenvalue weighted by molar-refractivity contribution is 5.76. The van der Waals surface area contributed by atoms with E-state index in [2.05, 4.69) is 51.7 Å². The first-order valence-corrected chi connectivity index (χ1v) is 11.1. The molecule has 2 aliphatic rings. The second-order valence-electron chi connectivity index (χ2n) is 8.35. The molecule has 6 nitrogen and oxygen atoms in total. The molecule has 1 amide bonds. The quantitative estimate of drug-likeness (QED) is 0.762. The van der Waals surface area contributed by atoms with Gasteiger partial charge >= 0.3 is 0 Å². The van der Waals surface area contributed by atoms with Crippen LogP contribution in [0.4, 0.5) is 11.5 Å². The molecule has 0 aliphatic carbocycles. The van der Waals surface area contributed by atoms with Crippen molar-refractivity contribution >= 4 is 17.4 Å². The highest BCUT2D eigenvalue weighted by atomic mass is 16.2. The zero-order chi connectivity index (χ0) is 20.9. The van der Waals surface area contributed by atoms with Crippen molar-refractivity contribution in [2.75, 3.05) is 68.7 Å². The van der Waals surface area contributed by atoms with Crippen molar-refractivity contribution in [2.24, 2.45) is 0 Å². The Morgan fingerprint density at radius 2 is 1.60 bits per heavy atom. The fourth-order valence-electron chi connectivity index (χ4n) is 4.43. The van der Waals surface area contributed by atoms with E-state index in [1.807, 2.05) is 29.3 Å². The topological polar surface area (TPSA) is 42.9 Å². The molecular weight excluding hydrogens is 374 g/mol. The number of rotatable bonds is 5. The molecule has 0 N–H and O–H groups in total. The van der Waals surface area contributed by atoms with E-state index >= 15 is 0 Å². The van der Waals surface area contributed by atoms with Crippen LogP contribution in [0.1, 0.15) is 17.5 Å². The SMILES string of the molecule is Cc1cccc(N2CCN(CCC(=O)N3CCN(c4ccccn4)CC3)CC2)c1C. The fourth-order valence-corrected chi connectivity index (χ4v) is 4.43. The van der Waals surface area contributed by atoms with Gasteiger partial charge < -0.3 is 14.7 Å². The predicted molar refractivity (Wildman–Crippen MR) is 122 cm³/mol. The average Bonchev–Trinajstić information content (AvgIpc) is 2.80. The fraction of sp³-hybridized carbons (Fsp3) is 0.500. The lowest BCUT2D eigenvalue weighted by molar-refractivity contribution is -0.131. The van der Waals surface area contributed by atoms with Crippen LogP contribution in [0, 0.1) is 13.8 Å². The summed E-state index contributed by atoms with van der Waals surface area (Å²) in [6.45, 7) is 12.6. The highest BCUT2D eigenvalue weighted by Gasteiger charge is 2.23. The van der Waals surface area contributed by atoms with Crippen LogP contribution in [0.2, 0.25) is 0 Å². The second kappa shape index (κ2) is 9.47. The van der Waals surface area contributed by atoms with Crippen LogP contribution in [-0.4, -0.2) is 79.6 Å². The number of nitrogens with zero attached hydrogens (tertiary/aromatic N) is 5. The molecule has 0 spiro atoms. The molecule has 160 valence electrons. The van der Waals surface area contributed by atoms with Gasteiger partial charge in [0, 0.05) is 77.2 Å². The molecule has 30 heavy (non-hydrogen) atoms. The van der Waals surface area contributed by atoms with Gasteiger partial charge in [0.1, 0.15) is 5.82 Å². The van der Waals surface area contributed by atoms with Gasteiger partial charge in [-0.2, -0.15) is 0 Å². The predicted octanol–water partition coefficient (Wildman–Crippen LogP) is 2.56. The lowest BCUT2D eigenvalue weighted by atomic mass is 10.1. The summed E-state index contributed by atoms with van der Waals surface area (Å²) in [6, 6.07) is 12.5. The summed E-state index contributed by atoms with van der Waals surface area (Å²) >= 11 is 0. The van der Waals surface area contributed by atoms with Crippen molar-refractivity contribution < 1.29 is 4.79 Å². The maximum Gasteiger partial charge on any atom is 0.223 e. The number of aryl methyl sites for hydroxylation is 1. The number of benzene rings is 1. The molecule has 0 unspecified atom stereocenters. The molecule has 0 atom stereocenters. The van der Waals surface area contributed by atoms with Crippen molar-refractivity contribution in [3.05, 3.63) is 53.7 Å². The van der Waals surface area contributed by atoms with Crippen LogP contribution in [0.15, 0.2) is 42.6 Å². The Hall–Kier alpha value is -2.60. The summed E-state index contributed by atoms with van der Waals surface area (Å²) in [5.74, 6) is 1.29. The first-order valence-electron chi connectivity index (χ1n) is 11.1. The number of hydrogen-bond acceptors (Lipinski definition) is 5. The van der Waals surface area contributed by atoms with Gasteiger partial charge in [-0.25, -0.2) is 4.98 Å². The van der Waals surface area contributed by atoms with Gasteiger partial charge in [0.15, 0.2) is 0 Å². The Labute approximate surface area is 180 Å². The molecule has 2 aliphatic heterocycles. The molecule has 6 heteroatoms. The number of carbonyl (C=O) groups excluding carboxylic acids is 1. The minimum Gasteiger partial charge on any atom is -0.369 e. The zero-order valence-corrected chi connectivity index (χ0v) is 18.3. The highest BCUT2D eigenvalue weighted by Crippen LogP contribution is 2.24. The van der Waals surface area contributed by atoms with E-state index < -0.39 is 0 Å². The first kappa shape index (κ1) is 20.7. The van der Waals surface area contributed by atoms with Gasteiger partial charge in [0.2, 0.25) is 5.91 Å². The van der Waals surface area contributed by atoms with Crippen LogP contribution in [-0.2, 0) is 4.79 Å². The van der Waals surface area contributed by atoms with E-state index in [-0.39, 0.29) is 5.91 Å². The largest absolute Gasteiger partial charge is 0.369 e. The van der Waals surface area contributed by atoms with Crippen LogP contribution in [0.5, 0.6) is 0 Å². The Bertz CT molecular complexity index is 840. The molecule has 1 aromatic carbocycles. The Morgan fingerprint density at radius 1 is 0.867 bits per heavy atom. The number of anilines is 2. The summed E-state index contributed by atoms with van der Waals surface area (Å²) in [7, 11) is 0. The Balaban J connectivity index is 1.20. The summed E-state index contributed by atoms with van der Waals surface area (Å²) in [4.78, 5) is 26.3. The average molecular weight is 408 g/mol. The van der Waals surface area contributed by atoms with E-state index in [1.54, 1.807) is 0 Å². The van der Waals surface area contributed by atoms with Gasteiger partial charge in [-0.1, -0.05) is 18.2 Å². The molecule has 0 bridgehead atoms. The van der Waals surface area contributed by atoms with Crippen LogP contribution in [0.25, 0.3) is 0 Å². The summed E-state index contributed by atoms with van der Waals surface area (Å²) in [6.07, 6.45) is 2.44. The molecule has 3 heterocycles. The standard InChI is InChI=1S/C24H33N5O/c1-20-6-5-7-22(21(20)2)27-14-12-26(13-15-27)11-9-24(30)29-18-16-28(17-19-29)23-8-3-4-10-25-23/h3-8,10H,9,11-19H2,1-2H3. The Kier molecular flexibility index (Phi) is 6.53. The number of aromatic nitrogens is 1. The molecule has 2 aromatic rings. The van der Waals surface area contributed by atoms with Crippen molar-refractivity contribution in [2.45, 2.75) is 20.3 Å². The van der Waals surface area contributed by atoms with E-state index in [4.69, 9.17) is 0 Å². The zero-order valence-electron chi connectivity index (χ0n) is 18.3. The lowest BCUT2D eigenvalue weighted by Crippen LogP contribution is -2.50. The van der Waals surface area contributed by atoms with Gasteiger partial charge in [-0.15, -0.1) is 0 Å². The van der Waals surface area contributed by atoms with Gasteiger partial charge in [-0.3, -0.25) is 9.69 Å². The Morgan fingerprint density at radius 3 is 2.30 bits per heavy atom. The van der Waals surface area contributed by atoms with E-state index in [1.165, 1.54) is 16.8 Å². The van der Waals surface area contributed by atoms with Gasteiger partial charge in [0.05, 0.1) is 0 Å². The van der Waals surface area contributed by atoms with Crippen LogP contribution >= 0.6 is 0 Å². The van der Waals surface area contributed by atoms with Crippen molar-refractivity contribution in [1.29, 1.82) is 0 Å². The van der Waals surface area contributed by atoms with E-state index in [0.29, 0.717) is 6.42 Å². The van der Waals surface area contributed by atoms with E-state index in [9.17, 15) is 4.79 Å². The molecular formula is C24H33N5O. The molecule has 1 aromatic heterocycles. The minimum atomic E-state index is 0.285. The molecule has 4 rings (SSSR count). The number of hydrogen-bond donors (Lipinski definition) is 0. The molecule has 0 saturated carbocycles. The first-order chi connectivity index (χ1) is 14.6. The number of pyridine rings is 1. The third-order valence-corrected chi connectivity index (χ3v) is 6.54. The molecule has 2 fully saturated rings. The normalized spacial score (nSPS) is 18.0. The third kappa shape index (κ3) is 4.75. The summed E-state index contributed by atoms with van der Waals surface area (Å²) in [5, 5.41) is 0. The summed E-state index contributed by atoms with van der Waals surface area (Å²) in [5.41, 5.74) is 4.09. The molecule has 0 radical (unpaired) electrons. The minimum absolute atomic E-state index is 0.285. The summed E-state index contributed by atoms with van der Waals surface area (Å²) < 4.78 is 0. The number of carbonyl (C=O) groups is 1. The third-order valence-electron chi connectivity index (χ3n) is 6.54. The van der Waals surface area contributed by atoms with Crippen molar-refractivity contribution in [3.8, 4) is 0 Å². The number of amides is 1. The number of piperazine rings is 2.